The second-order valence-corrected chi connectivity index (χ2v) is 3.65. The van der Waals surface area contributed by atoms with Crippen LogP contribution >= 0.6 is 12.2 Å². The van der Waals surface area contributed by atoms with Crippen molar-refractivity contribution < 1.29 is 0 Å². The van der Waals surface area contributed by atoms with Gasteiger partial charge in [-0.25, -0.2) is 0 Å². The van der Waals surface area contributed by atoms with Gasteiger partial charge >= 0.3 is 0 Å². The summed E-state index contributed by atoms with van der Waals surface area (Å²) >= 11 is 5.00. The van der Waals surface area contributed by atoms with E-state index in [0.29, 0.717) is 5.92 Å². The topological polar surface area (TPSA) is 33.6 Å². The van der Waals surface area contributed by atoms with Crippen molar-refractivity contribution >= 4 is 12.2 Å². The van der Waals surface area contributed by atoms with E-state index < -0.39 is 0 Å². The fraction of sp³-hybridized carbons (Fsp3) is 0.714. The van der Waals surface area contributed by atoms with Crippen LogP contribution in [0.5, 0.6) is 0 Å². The van der Waals surface area contributed by atoms with Crippen molar-refractivity contribution in [1.82, 2.24) is 14.8 Å². The molecule has 2 atom stereocenters. The Morgan fingerprint density at radius 1 is 1.73 bits per heavy atom. The molecule has 0 spiro atoms. The summed E-state index contributed by atoms with van der Waals surface area (Å²) in [6.07, 6.45) is 1.26. The zero-order chi connectivity index (χ0) is 8.01. The molecule has 0 bridgehead atoms. The van der Waals surface area contributed by atoms with Crippen molar-refractivity contribution in [2.75, 3.05) is 0 Å². The number of rotatable bonds is 1. The smallest absolute Gasteiger partial charge is 0.194 e. The molecule has 1 heterocycles. The predicted molar refractivity (Wildman–Crippen MR) is 44.9 cm³/mol. The molecule has 4 heteroatoms. The lowest BCUT2D eigenvalue weighted by Crippen LogP contribution is -1.95. The maximum Gasteiger partial charge on any atom is 0.194 e. The predicted octanol–water partition coefficient (Wildman–Crippen LogP) is 1.60. The number of aromatic nitrogens is 3. The number of hydrogen-bond donors (Lipinski definition) is 1. The second kappa shape index (κ2) is 2.17. The van der Waals surface area contributed by atoms with Gasteiger partial charge in [-0.2, -0.15) is 5.10 Å². The highest BCUT2D eigenvalue weighted by Crippen LogP contribution is 2.45. The number of nitrogens with zero attached hydrogens (tertiary/aromatic N) is 2. The summed E-state index contributed by atoms with van der Waals surface area (Å²) in [7, 11) is 1.96. The average Bonchev–Trinajstić information content (AvgIpc) is 2.58. The molecule has 1 N–H and O–H groups in total. The Labute approximate surface area is 70.4 Å². The minimum absolute atomic E-state index is 0.646. The Morgan fingerprint density at radius 3 is 2.73 bits per heavy atom. The molecule has 0 aliphatic heterocycles. The van der Waals surface area contributed by atoms with Crippen LogP contribution in [0.4, 0.5) is 0 Å². The molecule has 3 nitrogen and oxygen atoms in total. The van der Waals surface area contributed by atoms with Crippen LogP contribution in [-0.2, 0) is 7.05 Å². The van der Waals surface area contributed by atoms with Gasteiger partial charge in [0.05, 0.1) is 0 Å². The third-order valence-electron chi connectivity index (χ3n) is 2.36. The number of aromatic amines is 1. The molecule has 60 valence electrons. The van der Waals surface area contributed by atoms with E-state index in [4.69, 9.17) is 12.2 Å². The summed E-state index contributed by atoms with van der Waals surface area (Å²) < 4.78 is 2.68. The molecule has 1 aromatic heterocycles. The van der Waals surface area contributed by atoms with Gasteiger partial charge in [0.1, 0.15) is 5.82 Å². The summed E-state index contributed by atoms with van der Waals surface area (Å²) in [5.74, 6) is 2.55. The Kier molecular flexibility index (Phi) is 1.39. The van der Waals surface area contributed by atoms with Crippen molar-refractivity contribution in [1.29, 1.82) is 0 Å². The first-order chi connectivity index (χ1) is 5.20. The lowest BCUT2D eigenvalue weighted by atomic mass is 10.3. The van der Waals surface area contributed by atoms with Gasteiger partial charge in [0.2, 0.25) is 0 Å². The lowest BCUT2D eigenvalue weighted by Gasteiger charge is -1.95. The minimum Gasteiger partial charge on any atom is -0.307 e. The van der Waals surface area contributed by atoms with E-state index in [0.717, 1.165) is 16.5 Å². The standard InChI is InChI=1S/C7H11N3S/c1-4-3-5(4)6-8-9-7(11)10(6)2/h4-5H,3H2,1-2H3,(H,9,11). The fourth-order valence-electron chi connectivity index (χ4n) is 1.37. The fourth-order valence-corrected chi connectivity index (χ4v) is 1.51. The van der Waals surface area contributed by atoms with Crippen molar-refractivity contribution in [3.05, 3.63) is 10.6 Å². The molecule has 0 aromatic carbocycles. The van der Waals surface area contributed by atoms with Crippen LogP contribution in [0, 0.1) is 10.7 Å². The van der Waals surface area contributed by atoms with Gasteiger partial charge in [0, 0.05) is 13.0 Å². The van der Waals surface area contributed by atoms with E-state index in [1.54, 1.807) is 0 Å². The molecule has 0 saturated heterocycles. The third-order valence-corrected chi connectivity index (χ3v) is 2.72. The molecule has 2 rings (SSSR count). The van der Waals surface area contributed by atoms with Crippen LogP contribution in [0.3, 0.4) is 0 Å². The summed E-state index contributed by atoms with van der Waals surface area (Å²) in [6.45, 7) is 2.24. The van der Waals surface area contributed by atoms with Crippen LogP contribution < -0.4 is 0 Å². The van der Waals surface area contributed by atoms with Crippen molar-refractivity contribution in [3.63, 3.8) is 0 Å². The van der Waals surface area contributed by atoms with Gasteiger partial charge in [-0.05, 0) is 24.6 Å². The summed E-state index contributed by atoms with van der Waals surface area (Å²) in [6, 6.07) is 0. The molecule has 1 aliphatic rings. The van der Waals surface area contributed by atoms with Crippen molar-refractivity contribution in [2.24, 2.45) is 13.0 Å². The van der Waals surface area contributed by atoms with Gasteiger partial charge in [-0.15, -0.1) is 0 Å². The van der Waals surface area contributed by atoms with Crippen LogP contribution in [0.1, 0.15) is 25.1 Å². The molecular formula is C7H11N3S. The van der Waals surface area contributed by atoms with E-state index in [9.17, 15) is 0 Å². The van der Waals surface area contributed by atoms with Crippen molar-refractivity contribution in [3.8, 4) is 0 Å². The lowest BCUT2D eigenvalue weighted by molar-refractivity contribution is 0.758. The highest BCUT2D eigenvalue weighted by atomic mass is 32.1. The maximum absolute atomic E-state index is 5.00. The first-order valence-corrected chi connectivity index (χ1v) is 4.22. The van der Waals surface area contributed by atoms with E-state index >= 15 is 0 Å². The van der Waals surface area contributed by atoms with E-state index in [1.165, 1.54) is 6.42 Å². The quantitative estimate of drug-likeness (QED) is 0.648. The molecule has 1 saturated carbocycles. The molecule has 1 aromatic rings. The van der Waals surface area contributed by atoms with E-state index in [1.807, 2.05) is 11.6 Å². The first-order valence-electron chi connectivity index (χ1n) is 3.81. The summed E-state index contributed by atoms with van der Waals surface area (Å²) in [5, 5.41) is 6.97. The number of H-pyrrole nitrogens is 1. The monoisotopic (exact) mass is 169 g/mol. The van der Waals surface area contributed by atoms with E-state index in [2.05, 4.69) is 17.1 Å². The van der Waals surface area contributed by atoms with Gasteiger partial charge in [0.25, 0.3) is 0 Å². The molecular weight excluding hydrogens is 158 g/mol. The Morgan fingerprint density at radius 2 is 2.36 bits per heavy atom. The Hall–Kier alpha value is -0.640. The second-order valence-electron chi connectivity index (χ2n) is 3.27. The molecule has 2 unspecified atom stereocenters. The van der Waals surface area contributed by atoms with Crippen LogP contribution in [-0.4, -0.2) is 14.8 Å². The summed E-state index contributed by atoms with van der Waals surface area (Å²) in [5.41, 5.74) is 0. The Bertz CT molecular complexity index is 325. The maximum atomic E-state index is 5.00. The average molecular weight is 169 g/mol. The zero-order valence-electron chi connectivity index (χ0n) is 6.66. The van der Waals surface area contributed by atoms with Crippen LogP contribution in [0.15, 0.2) is 0 Å². The SMILES string of the molecule is CC1CC1c1n[nH]c(=S)n1C. The molecule has 0 amide bonds. The van der Waals surface area contributed by atoms with E-state index in [-0.39, 0.29) is 0 Å². The van der Waals surface area contributed by atoms with Gasteiger partial charge in [0.15, 0.2) is 4.77 Å². The van der Waals surface area contributed by atoms with Gasteiger partial charge in [-0.3, -0.25) is 5.10 Å². The van der Waals surface area contributed by atoms with Gasteiger partial charge < -0.3 is 4.57 Å². The summed E-state index contributed by atoms with van der Waals surface area (Å²) in [4.78, 5) is 0. The highest BCUT2D eigenvalue weighted by Gasteiger charge is 2.37. The third kappa shape index (κ3) is 1.01. The van der Waals surface area contributed by atoms with Gasteiger partial charge in [-0.1, -0.05) is 6.92 Å². The molecule has 0 radical (unpaired) electrons. The Balaban J connectivity index is 2.39. The minimum atomic E-state index is 0.646. The van der Waals surface area contributed by atoms with Crippen molar-refractivity contribution in [2.45, 2.75) is 19.3 Å². The largest absolute Gasteiger partial charge is 0.307 e. The molecule has 1 aliphatic carbocycles. The molecule has 11 heavy (non-hydrogen) atoms. The van der Waals surface area contributed by atoms with Crippen LogP contribution in [0.25, 0.3) is 0 Å². The molecule has 1 fully saturated rings. The van der Waals surface area contributed by atoms with Crippen LogP contribution in [0.2, 0.25) is 0 Å². The zero-order valence-corrected chi connectivity index (χ0v) is 7.48. The number of hydrogen-bond acceptors (Lipinski definition) is 2. The number of nitrogens with one attached hydrogen (secondary N) is 1. The highest BCUT2D eigenvalue weighted by molar-refractivity contribution is 7.71. The normalized spacial score (nSPS) is 28.9. The first kappa shape index (κ1) is 7.03.